The third kappa shape index (κ3) is 3.86. The Morgan fingerprint density at radius 1 is 1.41 bits per heavy atom. The van der Waals surface area contributed by atoms with Gasteiger partial charge in [-0.15, -0.1) is 0 Å². The largest absolute Gasteiger partial charge is 0.383 e. The van der Waals surface area contributed by atoms with Gasteiger partial charge >= 0.3 is 0 Å². The van der Waals surface area contributed by atoms with Crippen molar-refractivity contribution in [3.8, 4) is 0 Å². The molecule has 17 heavy (non-hydrogen) atoms. The van der Waals surface area contributed by atoms with Gasteiger partial charge in [-0.2, -0.15) is 0 Å². The van der Waals surface area contributed by atoms with Crippen LogP contribution in [0.2, 0.25) is 0 Å². The lowest BCUT2D eigenvalue weighted by Crippen LogP contribution is -2.27. The quantitative estimate of drug-likeness (QED) is 0.796. The van der Waals surface area contributed by atoms with E-state index in [1.165, 1.54) is 11.1 Å². The molecule has 1 rings (SSSR count). The summed E-state index contributed by atoms with van der Waals surface area (Å²) in [5.41, 5.74) is 3.17. The van der Waals surface area contributed by atoms with Gasteiger partial charge in [-0.05, 0) is 36.1 Å². The molecule has 0 bridgehead atoms. The predicted octanol–water partition coefficient (Wildman–Crippen LogP) is 2.49. The first-order chi connectivity index (χ1) is 8.06. The average molecular weight is 235 g/mol. The van der Waals surface area contributed by atoms with E-state index < -0.39 is 0 Å². The van der Waals surface area contributed by atoms with E-state index in [-0.39, 0.29) is 5.91 Å². The molecule has 0 spiro atoms. The van der Waals surface area contributed by atoms with E-state index in [1.54, 1.807) is 7.11 Å². The summed E-state index contributed by atoms with van der Waals surface area (Å²) in [6.45, 7) is 7.43. The fourth-order valence-electron chi connectivity index (χ4n) is 1.83. The van der Waals surface area contributed by atoms with Gasteiger partial charge < -0.3 is 10.1 Å². The number of carbonyl (C=O) groups excluding carboxylic acids is 1. The predicted molar refractivity (Wildman–Crippen MR) is 69.5 cm³/mol. The molecule has 0 radical (unpaired) electrons. The molecule has 0 saturated carbocycles. The Bertz CT molecular complexity index is 386. The molecule has 0 fully saturated rings. The van der Waals surface area contributed by atoms with E-state index in [4.69, 9.17) is 4.74 Å². The zero-order chi connectivity index (χ0) is 12.8. The summed E-state index contributed by atoms with van der Waals surface area (Å²) in [6, 6.07) is 5.85. The zero-order valence-corrected chi connectivity index (χ0v) is 11.0. The molecule has 0 aliphatic carbocycles. The molecule has 0 aromatic heterocycles. The number of carbonyl (C=O) groups is 1. The first-order valence-electron chi connectivity index (χ1n) is 5.94. The topological polar surface area (TPSA) is 38.3 Å². The maximum absolute atomic E-state index is 11.8. The highest BCUT2D eigenvalue weighted by Crippen LogP contribution is 2.19. The Kier molecular flexibility index (Phi) is 5.16. The van der Waals surface area contributed by atoms with Crippen LogP contribution in [0.5, 0.6) is 0 Å². The van der Waals surface area contributed by atoms with Gasteiger partial charge in [0.05, 0.1) is 6.61 Å². The summed E-state index contributed by atoms with van der Waals surface area (Å²) in [5.74, 6) is 0.445. The van der Waals surface area contributed by atoms with Gasteiger partial charge in [0.2, 0.25) is 0 Å². The van der Waals surface area contributed by atoms with Crippen molar-refractivity contribution in [2.45, 2.75) is 26.7 Å². The Morgan fingerprint density at radius 2 is 2.12 bits per heavy atom. The minimum atomic E-state index is -0.0412. The minimum Gasteiger partial charge on any atom is -0.383 e. The second kappa shape index (κ2) is 6.40. The van der Waals surface area contributed by atoms with E-state index in [0.29, 0.717) is 24.6 Å². The maximum atomic E-state index is 11.8. The van der Waals surface area contributed by atoms with Crippen LogP contribution in [-0.2, 0) is 4.74 Å². The fourth-order valence-corrected chi connectivity index (χ4v) is 1.83. The lowest BCUT2D eigenvalue weighted by molar-refractivity contribution is 0.0937. The summed E-state index contributed by atoms with van der Waals surface area (Å²) in [5, 5.41) is 2.81. The Hall–Kier alpha value is -1.35. The molecule has 1 N–H and O–H groups in total. The van der Waals surface area contributed by atoms with Crippen LogP contribution in [0.3, 0.4) is 0 Å². The normalized spacial score (nSPS) is 10.6. The molecule has 94 valence electrons. The highest BCUT2D eigenvalue weighted by atomic mass is 16.5. The summed E-state index contributed by atoms with van der Waals surface area (Å²) in [4.78, 5) is 11.8. The number of benzene rings is 1. The standard InChI is InChI=1S/C14H21NO2/c1-10(2)13-6-5-12(9-11(13)3)14(16)15-7-8-17-4/h5-6,9-10H,7-8H2,1-4H3,(H,15,16). The van der Waals surface area contributed by atoms with E-state index >= 15 is 0 Å². The van der Waals surface area contributed by atoms with Crippen LogP contribution in [0, 0.1) is 6.92 Å². The van der Waals surface area contributed by atoms with E-state index in [0.717, 1.165) is 0 Å². The lowest BCUT2D eigenvalue weighted by Gasteiger charge is -2.11. The molecule has 1 amide bonds. The van der Waals surface area contributed by atoms with Crippen molar-refractivity contribution in [3.63, 3.8) is 0 Å². The molecule has 0 unspecified atom stereocenters. The van der Waals surface area contributed by atoms with Crippen LogP contribution >= 0.6 is 0 Å². The molecular formula is C14H21NO2. The number of methoxy groups -OCH3 is 1. The smallest absolute Gasteiger partial charge is 0.251 e. The van der Waals surface area contributed by atoms with Crippen LogP contribution in [0.4, 0.5) is 0 Å². The van der Waals surface area contributed by atoms with E-state index in [9.17, 15) is 4.79 Å². The van der Waals surface area contributed by atoms with Crippen LogP contribution < -0.4 is 5.32 Å². The Morgan fingerprint density at radius 3 is 2.65 bits per heavy atom. The Balaban J connectivity index is 2.72. The van der Waals surface area contributed by atoms with Crippen molar-refractivity contribution in [3.05, 3.63) is 34.9 Å². The highest BCUT2D eigenvalue weighted by molar-refractivity contribution is 5.94. The van der Waals surface area contributed by atoms with Crippen molar-refractivity contribution in [2.75, 3.05) is 20.3 Å². The molecule has 1 aromatic carbocycles. The molecule has 0 heterocycles. The van der Waals surface area contributed by atoms with Crippen LogP contribution in [0.15, 0.2) is 18.2 Å². The first kappa shape index (κ1) is 13.7. The SMILES string of the molecule is COCCNC(=O)c1ccc(C(C)C)c(C)c1. The third-order valence-electron chi connectivity index (χ3n) is 2.75. The van der Waals surface area contributed by atoms with Crippen molar-refractivity contribution in [2.24, 2.45) is 0 Å². The van der Waals surface area contributed by atoms with E-state index in [2.05, 4.69) is 19.2 Å². The Labute approximate surface area is 103 Å². The number of rotatable bonds is 5. The van der Waals surface area contributed by atoms with Gasteiger partial charge in [-0.25, -0.2) is 0 Å². The molecule has 3 heteroatoms. The zero-order valence-electron chi connectivity index (χ0n) is 11.0. The van der Waals surface area contributed by atoms with Crippen LogP contribution in [0.1, 0.15) is 41.3 Å². The summed E-state index contributed by atoms with van der Waals surface area (Å²) < 4.78 is 4.89. The monoisotopic (exact) mass is 235 g/mol. The van der Waals surface area contributed by atoms with E-state index in [1.807, 2.05) is 25.1 Å². The minimum absolute atomic E-state index is 0.0412. The molecule has 0 saturated heterocycles. The van der Waals surface area contributed by atoms with Gasteiger partial charge in [-0.3, -0.25) is 4.79 Å². The van der Waals surface area contributed by atoms with Crippen molar-refractivity contribution >= 4 is 5.91 Å². The van der Waals surface area contributed by atoms with Crippen molar-refractivity contribution in [1.82, 2.24) is 5.32 Å². The second-order valence-electron chi connectivity index (χ2n) is 4.47. The summed E-state index contributed by atoms with van der Waals surface area (Å²) in [7, 11) is 1.62. The fraction of sp³-hybridized carbons (Fsp3) is 0.500. The van der Waals surface area contributed by atoms with Crippen molar-refractivity contribution in [1.29, 1.82) is 0 Å². The molecular weight excluding hydrogens is 214 g/mol. The lowest BCUT2D eigenvalue weighted by atomic mass is 9.96. The van der Waals surface area contributed by atoms with Gasteiger partial charge in [0.25, 0.3) is 5.91 Å². The van der Waals surface area contributed by atoms with Crippen LogP contribution in [0.25, 0.3) is 0 Å². The van der Waals surface area contributed by atoms with Gasteiger partial charge in [0.1, 0.15) is 0 Å². The van der Waals surface area contributed by atoms with Gasteiger partial charge in [-0.1, -0.05) is 19.9 Å². The molecule has 3 nitrogen and oxygen atoms in total. The molecule has 0 aliphatic heterocycles. The molecule has 1 aromatic rings. The van der Waals surface area contributed by atoms with Gasteiger partial charge in [0.15, 0.2) is 0 Å². The summed E-state index contributed by atoms with van der Waals surface area (Å²) in [6.07, 6.45) is 0. The molecule has 0 atom stereocenters. The molecule has 0 aliphatic rings. The number of hydrogen-bond acceptors (Lipinski definition) is 2. The summed E-state index contributed by atoms with van der Waals surface area (Å²) >= 11 is 0. The second-order valence-corrected chi connectivity index (χ2v) is 4.47. The maximum Gasteiger partial charge on any atom is 0.251 e. The first-order valence-corrected chi connectivity index (χ1v) is 5.94. The number of ether oxygens (including phenoxy) is 1. The number of hydrogen-bond donors (Lipinski definition) is 1. The number of amides is 1. The number of nitrogens with one attached hydrogen (secondary N) is 1. The van der Waals surface area contributed by atoms with Crippen LogP contribution in [-0.4, -0.2) is 26.2 Å². The highest BCUT2D eigenvalue weighted by Gasteiger charge is 2.08. The van der Waals surface area contributed by atoms with Crippen molar-refractivity contribution < 1.29 is 9.53 Å². The third-order valence-corrected chi connectivity index (χ3v) is 2.75. The van der Waals surface area contributed by atoms with Gasteiger partial charge in [0, 0.05) is 19.2 Å². The average Bonchev–Trinajstić information content (AvgIpc) is 2.28. The number of aryl methyl sites for hydroxylation is 1.